The molecule has 0 atom stereocenters. The van der Waals surface area contributed by atoms with Crippen LogP contribution in [0.3, 0.4) is 0 Å². The number of carbonyl (C=O) groups is 2. The molecule has 1 heterocycles. The number of ether oxygens (including phenoxy) is 3. The lowest BCUT2D eigenvalue weighted by molar-refractivity contribution is -0.143. The highest BCUT2D eigenvalue weighted by Gasteiger charge is 2.08. The number of nitrogens with zero attached hydrogens (tertiary/aromatic N) is 2. The lowest BCUT2D eigenvalue weighted by atomic mass is 10.3. The number of fused-ring (bicyclic) bond motifs is 1. The number of esters is 1. The third kappa shape index (κ3) is 6.05. The first-order valence-corrected chi connectivity index (χ1v) is 9.16. The fourth-order valence-corrected chi connectivity index (χ4v) is 2.49. The van der Waals surface area contributed by atoms with E-state index in [0.717, 1.165) is 0 Å². The van der Waals surface area contributed by atoms with Gasteiger partial charge in [0.1, 0.15) is 18.0 Å². The molecular formula is C20H18ClN3O5. The SMILES string of the molecule is CCOC(=O)CNC(=O)COc1ccc(Oc2cnc3cc(Cl)ccc3n2)cc1. The van der Waals surface area contributed by atoms with E-state index in [1.165, 1.54) is 6.20 Å². The molecule has 1 aromatic heterocycles. The number of rotatable bonds is 8. The smallest absolute Gasteiger partial charge is 0.325 e. The average Bonchev–Trinajstić information content (AvgIpc) is 2.72. The largest absolute Gasteiger partial charge is 0.484 e. The van der Waals surface area contributed by atoms with Crippen LogP contribution in [0.15, 0.2) is 48.7 Å². The zero-order valence-electron chi connectivity index (χ0n) is 15.6. The molecule has 0 fully saturated rings. The normalized spacial score (nSPS) is 10.4. The van der Waals surface area contributed by atoms with Crippen molar-refractivity contribution in [2.24, 2.45) is 0 Å². The maximum Gasteiger partial charge on any atom is 0.325 e. The Balaban J connectivity index is 1.51. The van der Waals surface area contributed by atoms with Crippen LogP contribution in [-0.4, -0.2) is 41.6 Å². The van der Waals surface area contributed by atoms with Gasteiger partial charge in [0.15, 0.2) is 6.61 Å². The summed E-state index contributed by atoms with van der Waals surface area (Å²) in [6.07, 6.45) is 1.51. The number of benzene rings is 2. The van der Waals surface area contributed by atoms with Crippen LogP contribution in [0.1, 0.15) is 6.92 Å². The van der Waals surface area contributed by atoms with Gasteiger partial charge in [-0.2, -0.15) is 0 Å². The van der Waals surface area contributed by atoms with Crippen LogP contribution in [0.5, 0.6) is 17.4 Å². The van der Waals surface area contributed by atoms with Gasteiger partial charge < -0.3 is 19.5 Å². The van der Waals surface area contributed by atoms with E-state index >= 15 is 0 Å². The Bertz CT molecular complexity index is 1010. The van der Waals surface area contributed by atoms with Crippen molar-refractivity contribution in [3.63, 3.8) is 0 Å². The van der Waals surface area contributed by atoms with Crippen molar-refractivity contribution < 1.29 is 23.8 Å². The maximum atomic E-state index is 11.7. The van der Waals surface area contributed by atoms with E-state index in [2.05, 4.69) is 15.3 Å². The Kier molecular flexibility index (Phi) is 6.80. The second-order valence-corrected chi connectivity index (χ2v) is 6.22. The highest BCUT2D eigenvalue weighted by Crippen LogP contribution is 2.24. The van der Waals surface area contributed by atoms with Crippen molar-refractivity contribution in [1.29, 1.82) is 0 Å². The lowest BCUT2D eigenvalue weighted by Gasteiger charge is -2.09. The number of amides is 1. The van der Waals surface area contributed by atoms with E-state index < -0.39 is 11.9 Å². The minimum absolute atomic E-state index is 0.193. The molecule has 0 aliphatic heterocycles. The van der Waals surface area contributed by atoms with Gasteiger partial charge in [-0.25, -0.2) is 9.97 Å². The number of hydrogen-bond donors (Lipinski definition) is 1. The third-order valence-corrected chi connectivity index (χ3v) is 3.87. The number of nitrogens with one attached hydrogen (secondary N) is 1. The standard InChI is InChI=1S/C20H18ClN3O5/c1-2-27-20(26)11-23-18(25)12-28-14-4-6-15(7-5-14)29-19-10-22-17-9-13(21)3-8-16(17)24-19/h3-10H,2,11-12H2,1H3,(H,23,25). The molecular weight excluding hydrogens is 398 g/mol. The summed E-state index contributed by atoms with van der Waals surface area (Å²) >= 11 is 5.94. The fourth-order valence-electron chi connectivity index (χ4n) is 2.32. The van der Waals surface area contributed by atoms with Gasteiger partial charge in [0, 0.05) is 5.02 Å². The van der Waals surface area contributed by atoms with Crippen LogP contribution in [0.25, 0.3) is 11.0 Å². The van der Waals surface area contributed by atoms with Gasteiger partial charge in [-0.3, -0.25) is 9.59 Å². The van der Waals surface area contributed by atoms with Crippen LogP contribution in [0, 0.1) is 0 Å². The van der Waals surface area contributed by atoms with Crippen molar-refractivity contribution in [2.45, 2.75) is 6.92 Å². The number of carbonyl (C=O) groups excluding carboxylic acids is 2. The summed E-state index contributed by atoms with van der Waals surface area (Å²) in [5.41, 5.74) is 1.34. The maximum absolute atomic E-state index is 11.7. The number of aromatic nitrogens is 2. The summed E-state index contributed by atoms with van der Waals surface area (Å²) in [6, 6.07) is 11.9. The molecule has 1 amide bonds. The van der Waals surface area contributed by atoms with Crippen molar-refractivity contribution in [2.75, 3.05) is 19.8 Å². The molecule has 0 bridgehead atoms. The first-order valence-electron chi connectivity index (χ1n) is 8.79. The van der Waals surface area contributed by atoms with Crippen LogP contribution in [-0.2, 0) is 14.3 Å². The number of hydrogen-bond acceptors (Lipinski definition) is 7. The van der Waals surface area contributed by atoms with Crippen molar-refractivity contribution in [3.05, 3.63) is 53.7 Å². The molecule has 0 saturated heterocycles. The highest BCUT2D eigenvalue weighted by molar-refractivity contribution is 6.31. The summed E-state index contributed by atoms with van der Waals surface area (Å²) in [7, 11) is 0. The highest BCUT2D eigenvalue weighted by atomic mass is 35.5. The summed E-state index contributed by atoms with van der Waals surface area (Å²) in [6.45, 7) is 1.54. The van der Waals surface area contributed by atoms with Gasteiger partial charge >= 0.3 is 5.97 Å². The molecule has 29 heavy (non-hydrogen) atoms. The quantitative estimate of drug-likeness (QED) is 0.564. The Morgan fingerprint density at radius 1 is 1.07 bits per heavy atom. The van der Waals surface area contributed by atoms with Gasteiger partial charge in [0.05, 0.1) is 23.8 Å². The molecule has 0 aliphatic rings. The second kappa shape index (κ2) is 9.70. The first kappa shape index (κ1) is 20.3. The Hall–Kier alpha value is -3.39. The summed E-state index contributed by atoms with van der Waals surface area (Å²) in [5, 5.41) is 3.00. The molecule has 8 nitrogen and oxygen atoms in total. The lowest BCUT2D eigenvalue weighted by Crippen LogP contribution is -2.34. The van der Waals surface area contributed by atoms with E-state index in [-0.39, 0.29) is 19.8 Å². The van der Waals surface area contributed by atoms with E-state index in [0.29, 0.717) is 33.4 Å². The van der Waals surface area contributed by atoms with Crippen LogP contribution < -0.4 is 14.8 Å². The van der Waals surface area contributed by atoms with E-state index in [4.69, 9.17) is 25.8 Å². The molecule has 0 spiro atoms. The van der Waals surface area contributed by atoms with Crippen molar-refractivity contribution >= 4 is 34.5 Å². The summed E-state index contributed by atoms with van der Waals surface area (Å²) < 4.78 is 15.8. The topological polar surface area (TPSA) is 99.6 Å². The number of halogens is 1. The predicted octanol–water partition coefficient (Wildman–Crippen LogP) is 3.13. The average molecular weight is 416 g/mol. The minimum atomic E-state index is -0.498. The fraction of sp³-hybridized carbons (Fsp3) is 0.200. The molecule has 150 valence electrons. The van der Waals surface area contributed by atoms with Crippen molar-refractivity contribution in [3.8, 4) is 17.4 Å². The molecule has 1 N–H and O–H groups in total. The molecule has 0 unspecified atom stereocenters. The molecule has 2 aromatic carbocycles. The zero-order chi connectivity index (χ0) is 20.6. The summed E-state index contributed by atoms with van der Waals surface area (Å²) in [5.74, 6) is 0.425. The van der Waals surface area contributed by atoms with Gasteiger partial charge in [-0.05, 0) is 49.4 Å². The Labute approximate surface area is 171 Å². The van der Waals surface area contributed by atoms with Crippen LogP contribution in [0.4, 0.5) is 0 Å². The monoisotopic (exact) mass is 415 g/mol. The minimum Gasteiger partial charge on any atom is -0.484 e. The van der Waals surface area contributed by atoms with E-state index in [9.17, 15) is 9.59 Å². The molecule has 0 aliphatic carbocycles. The van der Waals surface area contributed by atoms with Crippen molar-refractivity contribution in [1.82, 2.24) is 15.3 Å². The molecule has 9 heteroatoms. The third-order valence-electron chi connectivity index (χ3n) is 3.63. The van der Waals surface area contributed by atoms with Gasteiger partial charge in [0.2, 0.25) is 5.88 Å². The van der Waals surface area contributed by atoms with Gasteiger partial charge in [-0.1, -0.05) is 11.6 Å². The van der Waals surface area contributed by atoms with Gasteiger partial charge in [-0.15, -0.1) is 0 Å². The molecule has 3 rings (SSSR count). The van der Waals surface area contributed by atoms with E-state index in [1.807, 2.05) is 0 Å². The molecule has 3 aromatic rings. The Morgan fingerprint density at radius 2 is 1.83 bits per heavy atom. The van der Waals surface area contributed by atoms with Crippen LogP contribution in [0.2, 0.25) is 5.02 Å². The summed E-state index contributed by atoms with van der Waals surface area (Å²) in [4.78, 5) is 31.5. The zero-order valence-corrected chi connectivity index (χ0v) is 16.3. The second-order valence-electron chi connectivity index (χ2n) is 5.79. The van der Waals surface area contributed by atoms with Gasteiger partial charge in [0.25, 0.3) is 5.91 Å². The molecule has 0 saturated carbocycles. The van der Waals surface area contributed by atoms with E-state index in [1.54, 1.807) is 49.4 Å². The first-order chi connectivity index (χ1) is 14.0. The Morgan fingerprint density at radius 3 is 2.59 bits per heavy atom. The van der Waals surface area contributed by atoms with Crippen LogP contribution >= 0.6 is 11.6 Å². The molecule has 0 radical (unpaired) electrons. The predicted molar refractivity (Wildman–Crippen MR) is 106 cm³/mol.